The molecule has 3 rings (SSSR count). The highest BCUT2D eigenvalue weighted by Gasteiger charge is 2.23. The maximum absolute atomic E-state index is 12.6. The smallest absolute Gasteiger partial charge is 0.342 e. The van der Waals surface area contributed by atoms with Crippen LogP contribution in [0.15, 0.2) is 60.7 Å². The van der Waals surface area contributed by atoms with Crippen molar-refractivity contribution < 1.29 is 14.3 Å². The van der Waals surface area contributed by atoms with Crippen molar-refractivity contribution in [1.29, 1.82) is 0 Å². The summed E-state index contributed by atoms with van der Waals surface area (Å²) >= 11 is 0. The number of carbonyl (C=O) groups excluding carboxylic acids is 2. The van der Waals surface area contributed by atoms with Crippen molar-refractivity contribution in [3.8, 4) is 5.69 Å². The van der Waals surface area contributed by atoms with Crippen molar-refractivity contribution in [3.63, 3.8) is 0 Å². The third kappa shape index (κ3) is 3.96. The summed E-state index contributed by atoms with van der Waals surface area (Å²) < 4.78 is 7.03. The van der Waals surface area contributed by atoms with Crippen LogP contribution in [0.5, 0.6) is 0 Å². The molecule has 1 amide bonds. The molecule has 0 N–H and O–H groups in total. The van der Waals surface area contributed by atoms with Crippen LogP contribution in [0.3, 0.4) is 0 Å². The molecule has 0 saturated heterocycles. The molecular formula is C22H23N3O3. The highest BCUT2D eigenvalue weighted by atomic mass is 16.5. The van der Waals surface area contributed by atoms with E-state index in [1.165, 1.54) is 0 Å². The van der Waals surface area contributed by atoms with Crippen LogP contribution in [0.2, 0.25) is 0 Å². The first-order chi connectivity index (χ1) is 13.5. The molecule has 28 heavy (non-hydrogen) atoms. The number of esters is 1. The topological polar surface area (TPSA) is 64.4 Å². The van der Waals surface area contributed by atoms with Crippen LogP contribution < -0.4 is 4.90 Å². The number of para-hydroxylation sites is 2. The van der Waals surface area contributed by atoms with E-state index in [1.807, 2.05) is 74.5 Å². The van der Waals surface area contributed by atoms with Gasteiger partial charge < -0.3 is 9.64 Å². The maximum atomic E-state index is 12.6. The van der Waals surface area contributed by atoms with Gasteiger partial charge in [0.2, 0.25) is 0 Å². The van der Waals surface area contributed by atoms with Crippen LogP contribution in [0, 0.1) is 13.8 Å². The summed E-state index contributed by atoms with van der Waals surface area (Å²) in [5, 5.41) is 4.45. The Labute approximate surface area is 164 Å². The van der Waals surface area contributed by atoms with Gasteiger partial charge in [-0.1, -0.05) is 36.4 Å². The van der Waals surface area contributed by atoms with Crippen molar-refractivity contribution in [3.05, 3.63) is 77.6 Å². The zero-order valence-electron chi connectivity index (χ0n) is 16.3. The molecule has 0 aliphatic carbocycles. The molecule has 2 aromatic carbocycles. The van der Waals surface area contributed by atoms with Gasteiger partial charge in [-0.05, 0) is 45.0 Å². The summed E-state index contributed by atoms with van der Waals surface area (Å²) in [5.74, 6) is -0.817. The van der Waals surface area contributed by atoms with Gasteiger partial charge in [-0.2, -0.15) is 5.10 Å². The predicted octanol–water partition coefficient (Wildman–Crippen LogP) is 3.70. The van der Waals surface area contributed by atoms with Gasteiger partial charge in [0.1, 0.15) is 5.56 Å². The highest BCUT2D eigenvalue weighted by Crippen LogP contribution is 2.19. The van der Waals surface area contributed by atoms with E-state index in [4.69, 9.17) is 4.74 Å². The molecule has 6 nitrogen and oxygen atoms in total. The summed E-state index contributed by atoms with van der Waals surface area (Å²) in [7, 11) is 0. The first kappa shape index (κ1) is 19.4. The van der Waals surface area contributed by atoms with Gasteiger partial charge in [0, 0.05) is 12.2 Å². The molecular weight excluding hydrogens is 354 g/mol. The lowest BCUT2D eigenvalue weighted by molar-refractivity contribution is -0.121. The van der Waals surface area contributed by atoms with Crippen molar-refractivity contribution >= 4 is 17.6 Å². The van der Waals surface area contributed by atoms with E-state index in [-0.39, 0.29) is 12.5 Å². The fourth-order valence-electron chi connectivity index (χ4n) is 3.15. The molecule has 3 aromatic rings. The molecule has 6 heteroatoms. The van der Waals surface area contributed by atoms with Crippen molar-refractivity contribution in [2.75, 3.05) is 18.1 Å². The number of hydrogen-bond acceptors (Lipinski definition) is 4. The molecule has 0 spiro atoms. The molecule has 0 aliphatic heterocycles. The van der Waals surface area contributed by atoms with E-state index in [2.05, 4.69) is 5.10 Å². The van der Waals surface area contributed by atoms with Gasteiger partial charge in [-0.3, -0.25) is 4.79 Å². The van der Waals surface area contributed by atoms with E-state index in [1.54, 1.807) is 16.5 Å². The average molecular weight is 377 g/mol. The van der Waals surface area contributed by atoms with Gasteiger partial charge in [0.15, 0.2) is 6.61 Å². The Balaban J connectivity index is 1.73. The Bertz CT molecular complexity index is 965. The summed E-state index contributed by atoms with van der Waals surface area (Å²) in [6.07, 6.45) is 0. The number of rotatable bonds is 6. The zero-order chi connectivity index (χ0) is 20.1. The molecule has 0 saturated carbocycles. The van der Waals surface area contributed by atoms with Crippen molar-refractivity contribution in [2.45, 2.75) is 20.8 Å². The minimum absolute atomic E-state index is 0.271. The third-order valence-corrected chi connectivity index (χ3v) is 4.51. The van der Waals surface area contributed by atoms with Crippen LogP contribution >= 0.6 is 0 Å². The average Bonchev–Trinajstić information content (AvgIpc) is 3.02. The number of aromatic nitrogens is 2. The van der Waals surface area contributed by atoms with Gasteiger partial charge >= 0.3 is 5.97 Å². The second-order valence-electron chi connectivity index (χ2n) is 6.34. The molecule has 0 radical (unpaired) electrons. The number of benzene rings is 2. The normalized spacial score (nSPS) is 10.5. The minimum atomic E-state index is -0.547. The number of amides is 1. The SMILES string of the molecule is CCN(C(=O)COC(=O)c1c(C)nn(-c2ccccc2)c1C)c1ccccc1. The molecule has 1 heterocycles. The van der Waals surface area contributed by atoms with Crippen LogP contribution in [-0.4, -0.2) is 34.8 Å². The van der Waals surface area contributed by atoms with Crippen molar-refractivity contribution in [1.82, 2.24) is 9.78 Å². The summed E-state index contributed by atoms with van der Waals surface area (Å²) in [4.78, 5) is 26.8. The Morgan fingerprint density at radius 3 is 2.21 bits per heavy atom. The van der Waals surface area contributed by atoms with Crippen LogP contribution in [0.1, 0.15) is 28.7 Å². The van der Waals surface area contributed by atoms with E-state index in [9.17, 15) is 9.59 Å². The summed E-state index contributed by atoms with van der Waals surface area (Å²) in [6.45, 7) is 5.62. The molecule has 1 aromatic heterocycles. The fourth-order valence-corrected chi connectivity index (χ4v) is 3.15. The second-order valence-corrected chi connectivity index (χ2v) is 6.34. The lowest BCUT2D eigenvalue weighted by Gasteiger charge is -2.20. The zero-order valence-corrected chi connectivity index (χ0v) is 16.3. The maximum Gasteiger partial charge on any atom is 0.342 e. The monoisotopic (exact) mass is 377 g/mol. The largest absolute Gasteiger partial charge is 0.452 e. The first-order valence-electron chi connectivity index (χ1n) is 9.17. The lowest BCUT2D eigenvalue weighted by atomic mass is 10.2. The number of nitrogens with zero attached hydrogens (tertiary/aromatic N) is 3. The lowest BCUT2D eigenvalue weighted by Crippen LogP contribution is -2.34. The Hall–Kier alpha value is -3.41. The number of hydrogen-bond donors (Lipinski definition) is 0. The predicted molar refractivity (Wildman–Crippen MR) is 108 cm³/mol. The Kier molecular flexibility index (Phi) is 5.89. The fraction of sp³-hybridized carbons (Fsp3) is 0.227. The Morgan fingerprint density at radius 2 is 1.61 bits per heavy atom. The molecule has 0 atom stereocenters. The van der Waals surface area contributed by atoms with E-state index in [0.717, 1.165) is 11.4 Å². The molecule has 0 aliphatic rings. The molecule has 0 fully saturated rings. The van der Waals surface area contributed by atoms with Gasteiger partial charge in [-0.15, -0.1) is 0 Å². The number of anilines is 1. The molecule has 0 bridgehead atoms. The minimum Gasteiger partial charge on any atom is -0.452 e. The number of carbonyl (C=O) groups is 2. The highest BCUT2D eigenvalue weighted by molar-refractivity contribution is 5.97. The van der Waals surface area contributed by atoms with Gasteiger partial charge in [-0.25, -0.2) is 9.48 Å². The summed E-state index contributed by atoms with van der Waals surface area (Å²) in [5.41, 5.74) is 3.26. The van der Waals surface area contributed by atoms with E-state index >= 15 is 0 Å². The third-order valence-electron chi connectivity index (χ3n) is 4.51. The van der Waals surface area contributed by atoms with E-state index < -0.39 is 5.97 Å². The van der Waals surface area contributed by atoms with E-state index in [0.29, 0.717) is 23.5 Å². The van der Waals surface area contributed by atoms with Crippen LogP contribution in [0.4, 0.5) is 5.69 Å². The molecule has 0 unspecified atom stereocenters. The van der Waals surface area contributed by atoms with Gasteiger partial charge in [0.25, 0.3) is 5.91 Å². The van der Waals surface area contributed by atoms with Crippen LogP contribution in [-0.2, 0) is 9.53 Å². The van der Waals surface area contributed by atoms with Gasteiger partial charge in [0.05, 0.1) is 17.1 Å². The number of likely N-dealkylation sites (N-methyl/N-ethyl adjacent to an activating group) is 1. The molecule has 144 valence electrons. The second kappa shape index (κ2) is 8.52. The first-order valence-corrected chi connectivity index (χ1v) is 9.17. The Morgan fingerprint density at radius 1 is 1.00 bits per heavy atom. The van der Waals surface area contributed by atoms with Crippen molar-refractivity contribution in [2.24, 2.45) is 0 Å². The number of ether oxygens (including phenoxy) is 1. The summed E-state index contributed by atoms with van der Waals surface area (Å²) in [6, 6.07) is 18.9. The quantitative estimate of drug-likeness (QED) is 0.615. The number of aryl methyl sites for hydroxylation is 1. The standard InChI is InChI=1S/C22H23N3O3/c1-4-24(18-11-7-5-8-12-18)20(26)15-28-22(27)21-16(2)23-25(17(21)3)19-13-9-6-10-14-19/h5-14H,4,15H2,1-3H3. The van der Waals surface area contributed by atoms with Crippen LogP contribution in [0.25, 0.3) is 5.69 Å².